The normalized spacial score (nSPS) is 18.2. The molecule has 0 radical (unpaired) electrons. The molecule has 2 N–H and O–H groups in total. The molecule has 8 heteroatoms. The molecule has 1 fully saturated rings. The van der Waals surface area contributed by atoms with Gasteiger partial charge >= 0.3 is 5.97 Å². The Bertz CT molecular complexity index is 1470. The Morgan fingerprint density at radius 1 is 1.18 bits per heavy atom. The molecule has 0 spiro atoms. The summed E-state index contributed by atoms with van der Waals surface area (Å²) in [6, 6.07) is 19.9. The van der Waals surface area contributed by atoms with Crippen LogP contribution in [0.15, 0.2) is 79.0 Å². The molecule has 7 nitrogen and oxygen atoms in total. The fourth-order valence-electron chi connectivity index (χ4n) is 4.66. The summed E-state index contributed by atoms with van der Waals surface area (Å²) in [4.78, 5) is 16.4. The number of cyclic esters (lactones) is 1. The van der Waals surface area contributed by atoms with E-state index in [1.807, 2.05) is 53.2 Å². The van der Waals surface area contributed by atoms with Gasteiger partial charge in [0, 0.05) is 41.4 Å². The third-order valence-electron chi connectivity index (χ3n) is 6.85. The molecule has 39 heavy (non-hydrogen) atoms. The lowest BCUT2D eigenvalue weighted by Gasteiger charge is -2.23. The number of carbonyl (C=O) groups excluding carboxylic acids is 1. The van der Waals surface area contributed by atoms with Crippen LogP contribution in [0.25, 0.3) is 23.0 Å². The van der Waals surface area contributed by atoms with Gasteiger partial charge in [-0.05, 0) is 55.0 Å². The van der Waals surface area contributed by atoms with E-state index < -0.39 is 18.2 Å². The van der Waals surface area contributed by atoms with Gasteiger partial charge in [0.2, 0.25) is 0 Å². The third-order valence-corrected chi connectivity index (χ3v) is 6.85. The molecule has 1 aliphatic heterocycles. The molecule has 1 unspecified atom stereocenters. The minimum Gasteiger partial charge on any atom is -0.458 e. The van der Waals surface area contributed by atoms with Crippen molar-refractivity contribution in [1.82, 2.24) is 14.8 Å². The first kappa shape index (κ1) is 26.3. The molecule has 0 aliphatic carbocycles. The largest absolute Gasteiger partial charge is 0.458 e. The van der Waals surface area contributed by atoms with E-state index in [2.05, 4.69) is 24.1 Å². The van der Waals surface area contributed by atoms with E-state index in [9.17, 15) is 14.3 Å². The number of nitrogens with one attached hydrogen (secondary N) is 1. The molecule has 0 saturated carbocycles. The quantitative estimate of drug-likeness (QED) is 0.258. The van der Waals surface area contributed by atoms with Crippen LogP contribution in [0.2, 0.25) is 0 Å². The standard InChI is InChI=1S/C31H31FN4O3/c1-3-20(2)30-27(14-13-26-18-25(37)19-29(38)39-26)31(21-9-11-22(32)12-10-21)36(35-30)24-15-16-33-28(17-24)34-23-7-5-4-6-8-23/h4-17,20,25-26,37H,3,18-19H2,1-2H3,(H,33,34)/b14-13+/t20?,25-,26-/m1/s1. The number of pyridine rings is 1. The second kappa shape index (κ2) is 11.6. The molecule has 2 aromatic carbocycles. The van der Waals surface area contributed by atoms with Gasteiger partial charge in [-0.1, -0.05) is 38.1 Å². The van der Waals surface area contributed by atoms with Crippen LogP contribution >= 0.6 is 0 Å². The zero-order valence-corrected chi connectivity index (χ0v) is 21.9. The monoisotopic (exact) mass is 526 g/mol. The summed E-state index contributed by atoms with van der Waals surface area (Å²) in [6.45, 7) is 4.21. The maximum absolute atomic E-state index is 13.9. The molecule has 0 amide bonds. The van der Waals surface area contributed by atoms with E-state index in [4.69, 9.17) is 9.84 Å². The van der Waals surface area contributed by atoms with Gasteiger partial charge in [-0.15, -0.1) is 0 Å². The Morgan fingerprint density at radius 3 is 2.67 bits per heavy atom. The van der Waals surface area contributed by atoms with E-state index in [-0.39, 0.29) is 18.2 Å². The van der Waals surface area contributed by atoms with Crippen LogP contribution < -0.4 is 5.32 Å². The number of anilines is 2. The highest BCUT2D eigenvalue weighted by Crippen LogP contribution is 2.35. The molecule has 1 saturated heterocycles. The molecular formula is C31H31FN4O3. The summed E-state index contributed by atoms with van der Waals surface area (Å²) >= 11 is 0. The lowest BCUT2D eigenvalue weighted by atomic mass is 9.96. The number of aliphatic hydroxyl groups is 1. The van der Waals surface area contributed by atoms with Crippen molar-refractivity contribution < 1.29 is 19.0 Å². The van der Waals surface area contributed by atoms with Gasteiger partial charge in [0.25, 0.3) is 0 Å². The topological polar surface area (TPSA) is 89.3 Å². The highest BCUT2D eigenvalue weighted by atomic mass is 19.1. The Balaban J connectivity index is 1.63. The number of ether oxygens (including phenoxy) is 1. The second-order valence-electron chi connectivity index (χ2n) is 9.75. The molecule has 5 rings (SSSR count). The van der Waals surface area contributed by atoms with Crippen molar-refractivity contribution in [2.24, 2.45) is 0 Å². The van der Waals surface area contributed by atoms with E-state index in [1.54, 1.807) is 24.4 Å². The molecular weight excluding hydrogens is 495 g/mol. The second-order valence-corrected chi connectivity index (χ2v) is 9.75. The molecule has 3 atom stereocenters. The predicted octanol–water partition coefficient (Wildman–Crippen LogP) is 6.41. The number of hydrogen-bond donors (Lipinski definition) is 2. The van der Waals surface area contributed by atoms with Crippen LogP contribution in [-0.4, -0.2) is 38.0 Å². The Morgan fingerprint density at radius 2 is 1.95 bits per heavy atom. The van der Waals surface area contributed by atoms with Gasteiger partial charge in [-0.2, -0.15) is 5.10 Å². The van der Waals surface area contributed by atoms with Gasteiger partial charge in [-0.25, -0.2) is 14.1 Å². The van der Waals surface area contributed by atoms with Crippen molar-refractivity contribution in [3.8, 4) is 16.9 Å². The number of benzene rings is 2. The predicted molar refractivity (Wildman–Crippen MR) is 149 cm³/mol. The van der Waals surface area contributed by atoms with E-state index in [0.29, 0.717) is 12.2 Å². The van der Waals surface area contributed by atoms with Crippen molar-refractivity contribution >= 4 is 23.6 Å². The number of carbonyl (C=O) groups is 1. The summed E-state index contributed by atoms with van der Waals surface area (Å²) in [5.41, 5.74) is 4.97. The highest BCUT2D eigenvalue weighted by molar-refractivity contribution is 5.77. The van der Waals surface area contributed by atoms with Crippen LogP contribution in [0.4, 0.5) is 15.9 Å². The van der Waals surface area contributed by atoms with Gasteiger partial charge < -0.3 is 15.2 Å². The number of nitrogens with zero attached hydrogens (tertiary/aromatic N) is 3. The summed E-state index contributed by atoms with van der Waals surface area (Å²) in [6.07, 6.45) is 5.34. The van der Waals surface area contributed by atoms with E-state index in [1.165, 1.54) is 12.1 Å². The maximum atomic E-state index is 13.9. The summed E-state index contributed by atoms with van der Waals surface area (Å²) in [7, 11) is 0. The van der Waals surface area contributed by atoms with Gasteiger partial charge in [0.15, 0.2) is 0 Å². The fraction of sp³-hybridized carbons (Fsp3) is 0.258. The molecule has 1 aliphatic rings. The average Bonchev–Trinajstić information content (AvgIpc) is 3.31. The number of hydrogen-bond acceptors (Lipinski definition) is 6. The number of para-hydroxylation sites is 1. The van der Waals surface area contributed by atoms with Crippen molar-refractivity contribution in [1.29, 1.82) is 0 Å². The maximum Gasteiger partial charge on any atom is 0.309 e. The Labute approximate surface area is 227 Å². The first-order valence-electron chi connectivity index (χ1n) is 13.1. The number of rotatable bonds is 8. The SMILES string of the molecule is CCC(C)c1nn(-c2ccnc(Nc3ccccc3)c2)c(-c2ccc(F)cc2)c1/C=C/[C@@H]1C[C@@H](O)CC(=O)O1. The van der Waals surface area contributed by atoms with Crippen LogP contribution in [0.5, 0.6) is 0 Å². The van der Waals surface area contributed by atoms with Gasteiger partial charge in [-0.3, -0.25) is 4.79 Å². The zero-order valence-electron chi connectivity index (χ0n) is 21.9. The molecule has 200 valence electrons. The van der Waals surface area contributed by atoms with Crippen LogP contribution in [0.3, 0.4) is 0 Å². The number of aliphatic hydroxyl groups excluding tert-OH is 1. The van der Waals surface area contributed by atoms with Gasteiger partial charge in [0.05, 0.1) is 29.6 Å². The summed E-state index contributed by atoms with van der Waals surface area (Å²) in [5.74, 6) is 0.0264. The van der Waals surface area contributed by atoms with Crippen LogP contribution in [0.1, 0.15) is 50.3 Å². The minimum atomic E-state index is -0.735. The van der Waals surface area contributed by atoms with Crippen molar-refractivity contribution in [3.63, 3.8) is 0 Å². The smallest absolute Gasteiger partial charge is 0.309 e. The van der Waals surface area contributed by atoms with E-state index in [0.717, 1.165) is 40.3 Å². The molecule has 4 aromatic rings. The first-order valence-corrected chi connectivity index (χ1v) is 13.1. The van der Waals surface area contributed by atoms with Crippen molar-refractivity contribution in [2.45, 2.75) is 51.2 Å². The van der Waals surface area contributed by atoms with Crippen molar-refractivity contribution in [3.05, 3.63) is 96.1 Å². The highest BCUT2D eigenvalue weighted by Gasteiger charge is 2.27. The number of halogens is 1. The Kier molecular flexibility index (Phi) is 7.84. The summed E-state index contributed by atoms with van der Waals surface area (Å²) in [5, 5.41) is 18.4. The fourth-order valence-corrected chi connectivity index (χ4v) is 4.66. The molecule has 3 heterocycles. The van der Waals surface area contributed by atoms with Crippen molar-refractivity contribution in [2.75, 3.05) is 5.32 Å². The minimum absolute atomic E-state index is 0.00259. The molecule has 2 aromatic heterocycles. The van der Waals surface area contributed by atoms with E-state index >= 15 is 0 Å². The Hall–Kier alpha value is -4.30. The van der Waals surface area contributed by atoms with Crippen LogP contribution in [0, 0.1) is 5.82 Å². The summed E-state index contributed by atoms with van der Waals surface area (Å²) < 4.78 is 21.2. The average molecular weight is 527 g/mol. The zero-order chi connectivity index (χ0) is 27.4. The lowest BCUT2D eigenvalue weighted by Crippen LogP contribution is -2.31. The number of esters is 1. The molecule has 0 bridgehead atoms. The lowest BCUT2D eigenvalue weighted by molar-refractivity contribution is -0.156. The first-order chi connectivity index (χ1) is 18.9. The van der Waals surface area contributed by atoms with Crippen LogP contribution in [-0.2, 0) is 9.53 Å². The van der Waals surface area contributed by atoms with Gasteiger partial charge in [0.1, 0.15) is 17.7 Å². The number of aromatic nitrogens is 3. The third kappa shape index (κ3) is 6.07.